The van der Waals surface area contributed by atoms with Gasteiger partial charge in [-0.25, -0.2) is 0 Å². The first-order valence-electron chi connectivity index (χ1n) is 5.86. The van der Waals surface area contributed by atoms with Gasteiger partial charge in [-0.2, -0.15) is 0 Å². The molecule has 0 saturated carbocycles. The van der Waals surface area contributed by atoms with E-state index >= 15 is 0 Å². The van der Waals surface area contributed by atoms with Crippen molar-refractivity contribution >= 4 is 17.2 Å². The third-order valence-corrected chi connectivity index (χ3v) is 3.10. The van der Waals surface area contributed by atoms with Gasteiger partial charge < -0.3 is 10.4 Å². The van der Waals surface area contributed by atoms with Crippen LogP contribution < -0.4 is 5.32 Å². The molecule has 1 aromatic heterocycles. The zero-order valence-electron chi connectivity index (χ0n) is 11.0. The van der Waals surface area contributed by atoms with E-state index in [1.807, 2.05) is 32.9 Å². The fraction of sp³-hybridized carbons (Fsp3) is 0.500. The van der Waals surface area contributed by atoms with Crippen molar-refractivity contribution in [3.63, 3.8) is 0 Å². The highest BCUT2D eigenvalue weighted by Gasteiger charge is 2.15. The zero-order chi connectivity index (χ0) is 13.6. The highest BCUT2D eigenvalue weighted by molar-refractivity contribution is 7.12. The Morgan fingerprint density at radius 2 is 2.17 bits per heavy atom. The van der Waals surface area contributed by atoms with Gasteiger partial charge in [-0.3, -0.25) is 4.79 Å². The second kappa shape index (κ2) is 6.58. The second-order valence-corrected chi connectivity index (χ2v) is 6.41. The summed E-state index contributed by atoms with van der Waals surface area (Å²) in [5.74, 6) is 5.52. The van der Waals surface area contributed by atoms with E-state index in [9.17, 15) is 4.79 Å². The number of aliphatic hydroxyl groups excluding tert-OH is 1. The molecule has 0 bridgehead atoms. The molecule has 0 aliphatic carbocycles. The van der Waals surface area contributed by atoms with E-state index in [2.05, 4.69) is 17.2 Å². The Labute approximate surface area is 112 Å². The monoisotopic (exact) mass is 265 g/mol. The normalized spacial score (nSPS) is 10.7. The van der Waals surface area contributed by atoms with Crippen LogP contribution in [0, 0.1) is 17.3 Å². The minimum absolute atomic E-state index is 0.0112. The summed E-state index contributed by atoms with van der Waals surface area (Å²) in [5.41, 5.74) is 0.0112. The summed E-state index contributed by atoms with van der Waals surface area (Å²) in [4.78, 5) is 13.6. The Bertz CT molecular complexity index is 460. The molecule has 1 aromatic rings. The van der Waals surface area contributed by atoms with Crippen LogP contribution in [0.15, 0.2) is 12.1 Å². The van der Waals surface area contributed by atoms with Crippen LogP contribution in [0.1, 0.15) is 36.9 Å². The van der Waals surface area contributed by atoms with E-state index in [1.54, 1.807) is 0 Å². The van der Waals surface area contributed by atoms with E-state index < -0.39 is 0 Å². The summed E-state index contributed by atoms with van der Waals surface area (Å²) < 4.78 is 0. The molecule has 0 saturated heterocycles. The van der Waals surface area contributed by atoms with Gasteiger partial charge in [-0.1, -0.05) is 32.6 Å². The Hall–Kier alpha value is -1.31. The molecular weight excluding hydrogens is 246 g/mol. The number of hydrogen-bond acceptors (Lipinski definition) is 3. The maximum absolute atomic E-state index is 11.6. The SMILES string of the molecule is CC(C)(C)CC(=O)NCc1ccc(C#CCO)s1. The standard InChI is InChI=1S/C14H19NO2S/c1-14(2,3)9-13(17)15-10-12-7-6-11(18-12)5-4-8-16/h6-7,16H,8-10H2,1-3H3,(H,15,17). The fourth-order valence-corrected chi connectivity index (χ4v) is 2.22. The minimum atomic E-state index is -0.129. The molecule has 1 amide bonds. The van der Waals surface area contributed by atoms with Crippen molar-refractivity contribution in [3.8, 4) is 11.8 Å². The van der Waals surface area contributed by atoms with E-state index in [-0.39, 0.29) is 17.9 Å². The average molecular weight is 265 g/mol. The Morgan fingerprint density at radius 1 is 1.44 bits per heavy atom. The van der Waals surface area contributed by atoms with Crippen molar-refractivity contribution in [2.24, 2.45) is 5.41 Å². The number of hydrogen-bond donors (Lipinski definition) is 2. The van der Waals surface area contributed by atoms with Crippen molar-refractivity contribution in [1.29, 1.82) is 0 Å². The first-order chi connectivity index (χ1) is 8.40. The predicted octanol–water partition coefficient (Wildman–Crippen LogP) is 2.14. The number of aliphatic hydroxyl groups is 1. The van der Waals surface area contributed by atoms with Crippen LogP contribution in [0.5, 0.6) is 0 Å². The van der Waals surface area contributed by atoms with Crippen LogP contribution in [0.4, 0.5) is 0 Å². The topological polar surface area (TPSA) is 49.3 Å². The third kappa shape index (κ3) is 5.85. The predicted molar refractivity (Wildman–Crippen MR) is 74.2 cm³/mol. The summed E-state index contributed by atoms with van der Waals surface area (Å²) >= 11 is 1.53. The van der Waals surface area contributed by atoms with Gasteiger partial charge in [0.2, 0.25) is 5.91 Å². The van der Waals surface area contributed by atoms with E-state index in [0.29, 0.717) is 13.0 Å². The van der Waals surface area contributed by atoms with Gasteiger partial charge in [0.05, 0.1) is 11.4 Å². The van der Waals surface area contributed by atoms with Gasteiger partial charge in [0.25, 0.3) is 0 Å². The quantitative estimate of drug-likeness (QED) is 0.823. The average Bonchev–Trinajstić information content (AvgIpc) is 2.69. The molecule has 0 spiro atoms. The van der Waals surface area contributed by atoms with Crippen LogP contribution in [0.2, 0.25) is 0 Å². The molecule has 1 heterocycles. The summed E-state index contributed by atoms with van der Waals surface area (Å²) in [7, 11) is 0. The number of nitrogens with one attached hydrogen (secondary N) is 1. The molecule has 18 heavy (non-hydrogen) atoms. The Kier molecular flexibility index (Phi) is 5.39. The molecule has 0 atom stereocenters. The van der Waals surface area contributed by atoms with Gasteiger partial charge in [0, 0.05) is 11.3 Å². The number of carbonyl (C=O) groups is 1. The smallest absolute Gasteiger partial charge is 0.220 e. The summed E-state index contributed by atoms with van der Waals surface area (Å²) in [6, 6.07) is 3.85. The fourth-order valence-electron chi connectivity index (χ4n) is 1.40. The minimum Gasteiger partial charge on any atom is -0.384 e. The summed E-state index contributed by atoms with van der Waals surface area (Å²) in [6.45, 7) is 6.54. The molecule has 0 radical (unpaired) electrons. The van der Waals surface area contributed by atoms with Crippen molar-refractivity contribution in [3.05, 3.63) is 21.9 Å². The number of amides is 1. The largest absolute Gasteiger partial charge is 0.384 e. The van der Waals surface area contributed by atoms with Crippen LogP contribution in [-0.4, -0.2) is 17.6 Å². The van der Waals surface area contributed by atoms with Gasteiger partial charge in [0.15, 0.2) is 0 Å². The number of thiophene rings is 1. The van der Waals surface area contributed by atoms with Crippen LogP contribution in [0.25, 0.3) is 0 Å². The van der Waals surface area contributed by atoms with Crippen molar-refractivity contribution < 1.29 is 9.90 Å². The van der Waals surface area contributed by atoms with Gasteiger partial charge in [0.1, 0.15) is 6.61 Å². The first kappa shape index (κ1) is 14.7. The van der Waals surface area contributed by atoms with Crippen LogP contribution in [-0.2, 0) is 11.3 Å². The van der Waals surface area contributed by atoms with Crippen LogP contribution in [0.3, 0.4) is 0 Å². The van der Waals surface area contributed by atoms with Crippen LogP contribution >= 0.6 is 11.3 Å². The van der Waals surface area contributed by atoms with Crippen molar-refractivity contribution in [1.82, 2.24) is 5.32 Å². The molecule has 0 unspecified atom stereocenters. The van der Waals surface area contributed by atoms with Gasteiger partial charge in [-0.15, -0.1) is 11.3 Å². The molecule has 0 aliphatic rings. The zero-order valence-corrected chi connectivity index (χ0v) is 11.9. The molecule has 3 nitrogen and oxygen atoms in total. The first-order valence-corrected chi connectivity index (χ1v) is 6.67. The number of carbonyl (C=O) groups excluding carboxylic acids is 1. The second-order valence-electron chi connectivity index (χ2n) is 5.24. The molecule has 2 N–H and O–H groups in total. The highest BCUT2D eigenvalue weighted by atomic mass is 32.1. The molecule has 0 aromatic carbocycles. The molecule has 4 heteroatoms. The molecule has 0 aliphatic heterocycles. The Morgan fingerprint density at radius 3 is 2.78 bits per heavy atom. The lowest BCUT2D eigenvalue weighted by Crippen LogP contribution is -2.26. The van der Waals surface area contributed by atoms with Crippen molar-refractivity contribution in [2.75, 3.05) is 6.61 Å². The van der Waals surface area contributed by atoms with Crippen molar-refractivity contribution in [2.45, 2.75) is 33.7 Å². The third-order valence-electron chi connectivity index (χ3n) is 2.10. The number of rotatable bonds is 3. The van der Waals surface area contributed by atoms with E-state index in [4.69, 9.17) is 5.11 Å². The molecule has 0 fully saturated rings. The van der Waals surface area contributed by atoms with Gasteiger partial charge in [-0.05, 0) is 17.5 Å². The molecule has 98 valence electrons. The highest BCUT2D eigenvalue weighted by Crippen LogP contribution is 2.19. The maximum atomic E-state index is 11.6. The molecule has 1 rings (SSSR count). The lowest BCUT2D eigenvalue weighted by molar-refractivity contribution is -0.122. The Balaban J connectivity index is 2.44. The lowest BCUT2D eigenvalue weighted by atomic mass is 9.92. The van der Waals surface area contributed by atoms with E-state index in [1.165, 1.54) is 11.3 Å². The summed E-state index contributed by atoms with van der Waals surface area (Å²) in [6.07, 6.45) is 0.523. The lowest BCUT2D eigenvalue weighted by Gasteiger charge is -2.16. The maximum Gasteiger partial charge on any atom is 0.220 e. The molecular formula is C14H19NO2S. The van der Waals surface area contributed by atoms with E-state index in [0.717, 1.165) is 9.75 Å². The van der Waals surface area contributed by atoms with Gasteiger partial charge >= 0.3 is 0 Å². The summed E-state index contributed by atoms with van der Waals surface area (Å²) in [5, 5.41) is 11.5.